The molecule has 46 valence electrons. The van der Waals surface area contributed by atoms with Gasteiger partial charge in [0.25, 0.3) is 0 Å². The maximum absolute atomic E-state index is 7.89. The van der Waals surface area contributed by atoms with Gasteiger partial charge < -0.3 is 5.21 Å². The molecule has 0 aliphatic carbocycles. The molecule has 0 aromatic carbocycles. The van der Waals surface area contributed by atoms with Crippen LogP contribution in [0, 0.1) is 0 Å². The lowest BCUT2D eigenvalue weighted by atomic mass is 11.2. The minimum atomic E-state index is 1.00. The largest absolute Gasteiger partial charge is 0.315 e. The summed E-state index contributed by atoms with van der Waals surface area (Å²) in [6, 6.07) is 0. The maximum atomic E-state index is 7.89. The van der Waals surface area contributed by atoms with Gasteiger partial charge in [0.15, 0.2) is 0 Å². The van der Waals surface area contributed by atoms with E-state index in [0.29, 0.717) is 0 Å². The Morgan fingerprint density at radius 3 is 1.57 bits per heavy atom. The fraction of sp³-hybridized carbons (Fsp3) is 1.00. The van der Waals surface area contributed by atoms with Crippen molar-refractivity contribution in [1.29, 1.82) is 0 Å². The first-order valence-electron chi connectivity index (χ1n) is 1.88. The van der Waals surface area contributed by atoms with Crippen LogP contribution in [0.4, 0.5) is 0 Å². The highest BCUT2D eigenvalue weighted by molar-refractivity contribution is 3.90. The van der Waals surface area contributed by atoms with Gasteiger partial charge in [-0.1, -0.05) is 0 Å². The Hall–Kier alpha value is -0.160. The fourth-order valence-electron chi connectivity index (χ4n) is 0. The normalized spacial score (nSPS) is 7.71. The van der Waals surface area contributed by atoms with Gasteiger partial charge in [0.05, 0.1) is 0 Å². The van der Waals surface area contributed by atoms with E-state index in [9.17, 15) is 0 Å². The van der Waals surface area contributed by atoms with Crippen LogP contribution in [-0.2, 0) is 0 Å². The van der Waals surface area contributed by atoms with E-state index in [0.717, 1.165) is 5.06 Å². The first-order chi connectivity index (χ1) is 3.15. The molecule has 0 atom stereocenters. The SMILES string of the molecule is CN(C)O.CNN. The van der Waals surface area contributed by atoms with Crippen molar-refractivity contribution in [2.75, 3.05) is 21.1 Å². The van der Waals surface area contributed by atoms with Gasteiger partial charge in [0, 0.05) is 14.1 Å². The van der Waals surface area contributed by atoms with E-state index in [1.54, 1.807) is 21.1 Å². The van der Waals surface area contributed by atoms with Crippen molar-refractivity contribution in [2.45, 2.75) is 0 Å². The van der Waals surface area contributed by atoms with Gasteiger partial charge in [-0.15, -0.1) is 0 Å². The molecule has 0 bridgehead atoms. The van der Waals surface area contributed by atoms with Crippen LogP contribution in [0.5, 0.6) is 0 Å². The van der Waals surface area contributed by atoms with Gasteiger partial charge in [0.1, 0.15) is 0 Å². The highest BCUT2D eigenvalue weighted by Gasteiger charge is 1.59. The van der Waals surface area contributed by atoms with Crippen LogP contribution >= 0.6 is 0 Å². The van der Waals surface area contributed by atoms with Crippen LogP contribution in [0.15, 0.2) is 0 Å². The Morgan fingerprint density at radius 2 is 1.57 bits per heavy atom. The third-order valence-electron chi connectivity index (χ3n) is 0. The summed E-state index contributed by atoms with van der Waals surface area (Å²) in [5.74, 6) is 4.60. The lowest BCUT2D eigenvalue weighted by molar-refractivity contribution is -0.0372. The Morgan fingerprint density at radius 1 is 1.57 bits per heavy atom. The fourth-order valence-corrected chi connectivity index (χ4v) is 0. The molecule has 0 fully saturated rings. The van der Waals surface area contributed by atoms with Crippen LogP contribution in [-0.4, -0.2) is 31.4 Å². The minimum Gasteiger partial charge on any atom is -0.315 e. The number of hydrogen-bond donors (Lipinski definition) is 3. The molecule has 0 aliphatic rings. The Labute approximate surface area is 43.8 Å². The van der Waals surface area contributed by atoms with Crippen molar-refractivity contribution in [3.8, 4) is 0 Å². The van der Waals surface area contributed by atoms with E-state index in [-0.39, 0.29) is 0 Å². The summed E-state index contributed by atoms with van der Waals surface area (Å²) in [6.07, 6.45) is 0. The number of nitrogens with one attached hydrogen (secondary N) is 1. The van der Waals surface area contributed by atoms with Gasteiger partial charge in [-0.2, -0.15) is 5.06 Å². The number of nitrogens with two attached hydrogens (primary N) is 1. The molecule has 0 heterocycles. The quantitative estimate of drug-likeness (QED) is 0.275. The number of rotatable bonds is 0. The topological polar surface area (TPSA) is 61.5 Å². The Balaban J connectivity index is 0. The summed E-state index contributed by atoms with van der Waals surface area (Å²) < 4.78 is 0. The summed E-state index contributed by atoms with van der Waals surface area (Å²) >= 11 is 0. The summed E-state index contributed by atoms with van der Waals surface area (Å²) in [6.45, 7) is 0. The molecule has 0 amide bonds. The second-order valence-corrected chi connectivity index (χ2v) is 1.14. The third-order valence-corrected chi connectivity index (χ3v) is 0. The standard InChI is InChI=1S/C2H7NO.CH6N2/c1-3(2)4;1-3-2/h4H,1-2H3;3H,2H2,1H3. The van der Waals surface area contributed by atoms with E-state index < -0.39 is 0 Å². The molecule has 0 aliphatic heterocycles. The number of nitrogens with zero attached hydrogens (tertiary/aromatic N) is 1. The average molecular weight is 107 g/mol. The smallest absolute Gasteiger partial charge is 0.0121 e. The molecule has 0 rings (SSSR count). The zero-order chi connectivity index (χ0) is 6.28. The second kappa shape index (κ2) is 9.28. The van der Waals surface area contributed by atoms with E-state index in [1.165, 1.54) is 0 Å². The van der Waals surface area contributed by atoms with Crippen LogP contribution in [0.3, 0.4) is 0 Å². The molecule has 0 radical (unpaired) electrons. The van der Waals surface area contributed by atoms with Crippen molar-refractivity contribution >= 4 is 0 Å². The average Bonchev–Trinajstić information content (AvgIpc) is 1.33. The highest BCUT2D eigenvalue weighted by atomic mass is 16.5. The predicted octanol–water partition coefficient (Wildman–Crippen LogP) is -0.983. The van der Waals surface area contributed by atoms with E-state index in [4.69, 9.17) is 5.21 Å². The van der Waals surface area contributed by atoms with Crippen molar-refractivity contribution in [2.24, 2.45) is 5.84 Å². The molecule has 4 N–H and O–H groups in total. The van der Waals surface area contributed by atoms with E-state index in [2.05, 4.69) is 11.3 Å². The maximum Gasteiger partial charge on any atom is 0.0121 e. The van der Waals surface area contributed by atoms with E-state index >= 15 is 0 Å². The van der Waals surface area contributed by atoms with Crippen molar-refractivity contribution in [1.82, 2.24) is 10.5 Å². The van der Waals surface area contributed by atoms with Crippen LogP contribution < -0.4 is 11.3 Å². The molecule has 7 heavy (non-hydrogen) atoms. The summed E-state index contributed by atoms with van der Waals surface area (Å²) in [7, 11) is 4.76. The zero-order valence-electron chi connectivity index (χ0n) is 4.97. The molecular formula is C3H13N3O. The molecule has 0 aromatic heterocycles. The minimum absolute atomic E-state index is 1.00. The highest BCUT2D eigenvalue weighted by Crippen LogP contribution is 1.46. The molecule has 0 saturated carbocycles. The number of hydrogen-bond acceptors (Lipinski definition) is 4. The van der Waals surface area contributed by atoms with Crippen LogP contribution in [0.1, 0.15) is 0 Å². The molecule has 0 unspecified atom stereocenters. The summed E-state index contributed by atoms with van der Waals surface area (Å²) in [5.41, 5.74) is 2.25. The lowest BCUT2D eigenvalue weighted by Crippen LogP contribution is -2.13. The van der Waals surface area contributed by atoms with Crippen molar-refractivity contribution < 1.29 is 5.21 Å². The Kier molecular flexibility index (Phi) is 13.2. The van der Waals surface area contributed by atoms with Crippen molar-refractivity contribution in [3.05, 3.63) is 0 Å². The Bertz CT molecular complexity index is 21.4. The van der Waals surface area contributed by atoms with Gasteiger partial charge in [-0.05, 0) is 7.05 Å². The zero-order valence-corrected chi connectivity index (χ0v) is 4.97. The number of hydroxylamine groups is 2. The predicted molar refractivity (Wildman–Crippen MR) is 28.7 cm³/mol. The molecule has 4 nitrogen and oxygen atoms in total. The van der Waals surface area contributed by atoms with Gasteiger partial charge >= 0.3 is 0 Å². The van der Waals surface area contributed by atoms with Crippen molar-refractivity contribution in [3.63, 3.8) is 0 Å². The van der Waals surface area contributed by atoms with Crippen LogP contribution in [0.2, 0.25) is 0 Å². The molecule has 0 saturated heterocycles. The van der Waals surface area contributed by atoms with E-state index in [1.807, 2.05) is 0 Å². The number of hydrazine groups is 1. The van der Waals surface area contributed by atoms with Gasteiger partial charge in [-0.25, -0.2) is 0 Å². The molecular weight excluding hydrogens is 94.1 g/mol. The second-order valence-electron chi connectivity index (χ2n) is 1.14. The molecule has 4 heteroatoms. The monoisotopic (exact) mass is 107 g/mol. The molecule has 0 aromatic rings. The third kappa shape index (κ3) is 3360. The van der Waals surface area contributed by atoms with Crippen LogP contribution in [0.25, 0.3) is 0 Å². The van der Waals surface area contributed by atoms with Gasteiger partial charge in [0.2, 0.25) is 0 Å². The first-order valence-corrected chi connectivity index (χ1v) is 1.88. The van der Waals surface area contributed by atoms with Gasteiger partial charge in [-0.3, -0.25) is 11.3 Å². The molecule has 0 spiro atoms. The lowest BCUT2D eigenvalue weighted by Gasteiger charge is -1.89. The summed E-state index contributed by atoms with van der Waals surface area (Å²) in [5, 5.41) is 8.89. The first kappa shape index (κ1) is 9.96. The summed E-state index contributed by atoms with van der Waals surface area (Å²) in [4.78, 5) is 0.